The Bertz CT molecular complexity index is 608. The van der Waals surface area contributed by atoms with Gasteiger partial charge in [-0.05, 0) is 31.7 Å². The molecule has 1 heterocycles. The quantitative estimate of drug-likeness (QED) is 0.671. The maximum Gasteiger partial charge on any atom is 0.326 e. The first-order chi connectivity index (χ1) is 11.4. The summed E-state index contributed by atoms with van der Waals surface area (Å²) in [6, 6.07) is 7.92. The van der Waals surface area contributed by atoms with E-state index >= 15 is 0 Å². The lowest BCUT2D eigenvalue weighted by atomic mass is 10.1. The number of hydrogen-bond acceptors (Lipinski definition) is 4. The van der Waals surface area contributed by atoms with Crippen LogP contribution >= 0.6 is 12.6 Å². The zero-order valence-electron chi connectivity index (χ0n) is 13.5. The van der Waals surface area contributed by atoms with E-state index in [0.717, 1.165) is 5.56 Å². The number of carbonyl (C=O) groups excluding carboxylic acids is 2. The summed E-state index contributed by atoms with van der Waals surface area (Å²) in [4.78, 5) is 37.1. The highest BCUT2D eigenvalue weighted by Crippen LogP contribution is 2.18. The van der Waals surface area contributed by atoms with Gasteiger partial charge < -0.3 is 15.3 Å². The van der Waals surface area contributed by atoms with Crippen LogP contribution in [0.4, 0.5) is 0 Å². The Morgan fingerprint density at radius 1 is 1.33 bits per heavy atom. The Kier molecular flexibility index (Phi) is 6.25. The van der Waals surface area contributed by atoms with Crippen molar-refractivity contribution in [3.63, 3.8) is 0 Å². The van der Waals surface area contributed by atoms with Crippen molar-refractivity contribution in [1.82, 2.24) is 10.2 Å². The number of likely N-dealkylation sites (tertiary alicyclic amines) is 1. The number of hydrogen-bond donors (Lipinski definition) is 3. The van der Waals surface area contributed by atoms with Gasteiger partial charge in [0.25, 0.3) is 0 Å². The highest BCUT2D eigenvalue weighted by molar-refractivity contribution is 7.81. The number of rotatable bonds is 6. The second kappa shape index (κ2) is 8.19. The molecule has 6 nitrogen and oxygen atoms in total. The van der Waals surface area contributed by atoms with Gasteiger partial charge in [0.1, 0.15) is 12.1 Å². The summed E-state index contributed by atoms with van der Waals surface area (Å²) in [7, 11) is 0. The molecule has 0 aliphatic carbocycles. The zero-order chi connectivity index (χ0) is 17.7. The molecule has 7 heteroatoms. The fraction of sp³-hybridized carbons (Fsp3) is 0.471. The van der Waals surface area contributed by atoms with Crippen LogP contribution in [0.15, 0.2) is 30.3 Å². The first-order valence-corrected chi connectivity index (χ1v) is 8.47. The first kappa shape index (κ1) is 18.3. The molecule has 2 amide bonds. The van der Waals surface area contributed by atoms with E-state index < -0.39 is 23.3 Å². The molecule has 2 N–H and O–H groups in total. The van der Waals surface area contributed by atoms with Crippen LogP contribution in [0.5, 0.6) is 0 Å². The van der Waals surface area contributed by atoms with Crippen LogP contribution < -0.4 is 5.32 Å². The third-order valence-corrected chi connectivity index (χ3v) is 4.54. The van der Waals surface area contributed by atoms with E-state index in [9.17, 15) is 14.4 Å². The van der Waals surface area contributed by atoms with Crippen molar-refractivity contribution in [1.29, 1.82) is 0 Å². The average Bonchev–Trinajstić information content (AvgIpc) is 3.04. The molecule has 1 unspecified atom stereocenters. The lowest BCUT2D eigenvalue weighted by Crippen LogP contribution is -2.51. The molecular formula is C17H22N2O4S. The number of nitrogens with one attached hydrogen (secondary N) is 1. The van der Waals surface area contributed by atoms with Gasteiger partial charge in [-0.1, -0.05) is 30.3 Å². The summed E-state index contributed by atoms with van der Waals surface area (Å²) >= 11 is 4.31. The standard InChI is InChI=1S/C17H22N2O4S/c1-11(16(21)19-9-5-8-13(19)17(22)23)18-15(20)14(24)10-12-6-3-2-4-7-12/h2-4,6-7,11,13-14,24H,5,8-10H2,1H3,(H,18,20)(H,22,23)/t11-,13+,14?/m1/s1. The van der Waals surface area contributed by atoms with Crippen LogP contribution in [-0.4, -0.2) is 51.7 Å². The van der Waals surface area contributed by atoms with Crippen LogP contribution in [0.1, 0.15) is 25.3 Å². The summed E-state index contributed by atoms with van der Waals surface area (Å²) in [5, 5.41) is 11.2. The molecule has 1 saturated heterocycles. The normalized spacial score (nSPS) is 19.6. The van der Waals surface area contributed by atoms with Crippen LogP contribution in [0.2, 0.25) is 0 Å². The predicted molar refractivity (Wildman–Crippen MR) is 92.9 cm³/mol. The molecule has 1 aliphatic rings. The number of benzene rings is 1. The zero-order valence-corrected chi connectivity index (χ0v) is 14.4. The predicted octanol–water partition coefficient (Wildman–Crippen LogP) is 1.11. The highest BCUT2D eigenvalue weighted by atomic mass is 32.1. The molecule has 0 aromatic heterocycles. The molecule has 0 spiro atoms. The summed E-state index contributed by atoms with van der Waals surface area (Å²) in [5.41, 5.74) is 0.983. The Hall–Kier alpha value is -2.02. The molecule has 3 atom stereocenters. The van der Waals surface area contributed by atoms with E-state index in [1.54, 1.807) is 6.92 Å². The van der Waals surface area contributed by atoms with Crippen molar-refractivity contribution >= 4 is 30.4 Å². The summed E-state index contributed by atoms with van der Waals surface area (Å²) in [6.45, 7) is 1.98. The second-order valence-corrected chi connectivity index (χ2v) is 6.59. The van der Waals surface area contributed by atoms with Gasteiger partial charge in [-0.3, -0.25) is 9.59 Å². The smallest absolute Gasteiger partial charge is 0.326 e. The molecule has 0 bridgehead atoms. The third-order valence-electron chi connectivity index (χ3n) is 4.12. The molecule has 2 rings (SSSR count). The first-order valence-electron chi connectivity index (χ1n) is 7.95. The number of nitrogens with zero attached hydrogens (tertiary/aromatic N) is 1. The van der Waals surface area contributed by atoms with Gasteiger partial charge in [-0.15, -0.1) is 0 Å². The van der Waals surface area contributed by atoms with Gasteiger partial charge in [0.05, 0.1) is 5.25 Å². The van der Waals surface area contributed by atoms with E-state index in [1.165, 1.54) is 4.90 Å². The van der Waals surface area contributed by atoms with Crippen molar-refractivity contribution in [3.05, 3.63) is 35.9 Å². The van der Waals surface area contributed by atoms with Gasteiger partial charge in [0.15, 0.2) is 0 Å². The van der Waals surface area contributed by atoms with E-state index in [1.807, 2.05) is 30.3 Å². The number of carboxylic acids is 1. The van der Waals surface area contributed by atoms with E-state index in [-0.39, 0.29) is 11.8 Å². The van der Waals surface area contributed by atoms with Crippen molar-refractivity contribution < 1.29 is 19.5 Å². The molecule has 1 aromatic rings. The Morgan fingerprint density at radius 3 is 2.62 bits per heavy atom. The number of carbonyl (C=O) groups is 3. The minimum atomic E-state index is -1.00. The van der Waals surface area contributed by atoms with E-state index in [0.29, 0.717) is 25.8 Å². The van der Waals surface area contributed by atoms with Gasteiger partial charge in [0, 0.05) is 6.54 Å². The third kappa shape index (κ3) is 4.50. The topological polar surface area (TPSA) is 86.7 Å². The fourth-order valence-electron chi connectivity index (χ4n) is 2.84. The summed E-state index contributed by atoms with van der Waals surface area (Å²) in [5.74, 6) is -1.71. The monoisotopic (exact) mass is 350 g/mol. The van der Waals surface area contributed by atoms with Crippen molar-refractivity contribution in [2.75, 3.05) is 6.54 Å². The minimum absolute atomic E-state index is 0.339. The van der Waals surface area contributed by atoms with Gasteiger partial charge in [0.2, 0.25) is 11.8 Å². The Balaban J connectivity index is 1.90. The Morgan fingerprint density at radius 2 is 2.00 bits per heavy atom. The van der Waals surface area contributed by atoms with Crippen molar-refractivity contribution in [2.45, 2.75) is 43.5 Å². The Labute approximate surface area is 146 Å². The van der Waals surface area contributed by atoms with Crippen LogP contribution in [0.3, 0.4) is 0 Å². The molecule has 0 saturated carbocycles. The number of aliphatic carboxylic acids is 1. The largest absolute Gasteiger partial charge is 0.480 e. The number of amides is 2. The van der Waals surface area contributed by atoms with Gasteiger partial charge in [-0.25, -0.2) is 4.79 Å². The fourth-order valence-corrected chi connectivity index (χ4v) is 3.12. The van der Waals surface area contributed by atoms with Gasteiger partial charge >= 0.3 is 5.97 Å². The van der Waals surface area contributed by atoms with E-state index in [2.05, 4.69) is 17.9 Å². The van der Waals surface area contributed by atoms with Gasteiger partial charge in [-0.2, -0.15) is 12.6 Å². The molecule has 1 fully saturated rings. The average molecular weight is 350 g/mol. The molecular weight excluding hydrogens is 328 g/mol. The molecule has 24 heavy (non-hydrogen) atoms. The molecule has 1 aromatic carbocycles. The summed E-state index contributed by atoms with van der Waals surface area (Å²) in [6.07, 6.45) is 1.57. The molecule has 1 aliphatic heterocycles. The maximum atomic E-state index is 12.4. The SMILES string of the molecule is C[C@@H](NC(=O)C(S)Cc1ccccc1)C(=O)N1CCC[C@H]1C(=O)O. The summed E-state index contributed by atoms with van der Waals surface area (Å²) < 4.78 is 0. The number of carboxylic acid groups (broad SMARTS) is 1. The number of thiol groups is 1. The highest BCUT2D eigenvalue weighted by Gasteiger charge is 2.36. The van der Waals surface area contributed by atoms with Crippen LogP contribution in [0, 0.1) is 0 Å². The van der Waals surface area contributed by atoms with Crippen molar-refractivity contribution in [2.24, 2.45) is 0 Å². The van der Waals surface area contributed by atoms with Crippen LogP contribution in [-0.2, 0) is 20.8 Å². The lowest BCUT2D eigenvalue weighted by molar-refractivity contribution is -0.149. The second-order valence-electron chi connectivity index (χ2n) is 5.96. The molecule has 0 radical (unpaired) electrons. The maximum absolute atomic E-state index is 12.4. The van der Waals surface area contributed by atoms with Crippen molar-refractivity contribution in [3.8, 4) is 0 Å². The minimum Gasteiger partial charge on any atom is -0.480 e. The van der Waals surface area contributed by atoms with E-state index in [4.69, 9.17) is 5.11 Å². The van der Waals surface area contributed by atoms with Crippen LogP contribution in [0.25, 0.3) is 0 Å². The molecule has 130 valence electrons. The lowest BCUT2D eigenvalue weighted by Gasteiger charge is -2.26.